The van der Waals surface area contributed by atoms with Crippen LogP contribution in [-0.2, 0) is 4.74 Å². The van der Waals surface area contributed by atoms with Crippen molar-refractivity contribution in [3.63, 3.8) is 0 Å². The molecule has 2 N–H and O–H groups in total. The number of aromatic hydroxyl groups is 1. The highest BCUT2D eigenvalue weighted by molar-refractivity contribution is 6.03. The smallest absolute Gasteiger partial charge is 0.198 e. The maximum atomic E-state index is 10.5. The first-order valence-electron chi connectivity index (χ1n) is 10.7. The third kappa shape index (κ3) is 4.05. The second-order valence-electron chi connectivity index (χ2n) is 7.75. The molecule has 0 bridgehead atoms. The largest absolute Gasteiger partial charge is 0.497 e. The van der Waals surface area contributed by atoms with Gasteiger partial charge in [-0.1, -0.05) is 24.3 Å². The summed E-state index contributed by atoms with van der Waals surface area (Å²) in [6.45, 7) is 3.34. The van der Waals surface area contributed by atoms with Crippen LogP contribution in [0.5, 0.6) is 11.6 Å². The fraction of sp³-hybridized carbons (Fsp3) is 0.192. The van der Waals surface area contributed by atoms with E-state index in [1.807, 2.05) is 54.6 Å². The van der Waals surface area contributed by atoms with Crippen LogP contribution < -0.4 is 9.64 Å². The summed E-state index contributed by atoms with van der Waals surface area (Å²) >= 11 is 0. The van der Waals surface area contributed by atoms with E-state index in [-0.39, 0.29) is 5.88 Å². The number of aromatic amines is 1. The molecule has 1 aliphatic heterocycles. The molecular formula is C26H25N3O3. The Morgan fingerprint density at radius 2 is 1.78 bits per heavy atom. The van der Waals surface area contributed by atoms with Gasteiger partial charge in [-0.15, -0.1) is 0 Å². The third-order valence-electron chi connectivity index (χ3n) is 5.79. The van der Waals surface area contributed by atoms with E-state index in [0.29, 0.717) is 5.56 Å². The summed E-state index contributed by atoms with van der Waals surface area (Å²) in [6, 6.07) is 22.1. The Morgan fingerprint density at radius 3 is 2.56 bits per heavy atom. The van der Waals surface area contributed by atoms with Crippen LogP contribution in [0.15, 0.2) is 71.7 Å². The zero-order valence-corrected chi connectivity index (χ0v) is 17.9. The molecule has 6 nitrogen and oxygen atoms in total. The lowest BCUT2D eigenvalue weighted by molar-refractivity contribution is 0.122. The molecular weight excluding hydrogens is 402 g/mol. The number of ether oxygens (including phenoxy) is 2. The van der Waals surface area contributed by atoms with Crippen molar-refractivity contribution >= 4 is 28.5 Å². The second-order valence-corrected chi connectivity index (χ2v) is 7.75. The molecule has 3 aromatic carbocycles. The van der Waals surface area contributed by atoms with Gasteiger partial charge in [0, 0.05) is 35.9 Å². The Labute approximate surface area is 186 Å². The van der Waals surface area contributed by atoms with Gasteiger partial charge in [-0.25, -0.2) is 0 Å². The van der Waals surface area contributed by atoms with E-state index in [1.54, 1.807) is 13.3 Å². The van der Waals surface area contributed by atoms with Gasteiger partial charge in [0.25, 0.3) is 0 Å². The molecule has 2 heterocycles. The number of aliphatic imine (C=N–C) groups is 1. The number of rotatable bonds is 5. The predicted octanol–water partition coefficient (Wildman–Crippen LogP) is 5.14. The molecule has 5 rings (SSSR count). The van der Waals surface area contributed by atoms with Gasteiger partial charge in [-0.05, 0) is 53.6 Å². The first-order valence-corrected chi connectivity index (χ1v) is 10.7. The maximum Gasteiger partial charge on any atom is 0.198 e. The van der Waals surface area contributed by atoms with Gasteiger partial charge in [0.1, 0.15) is 5.75 Å². The summed E-state index contributed by atoms with van der Waals surface area (Å²) in [7, 11) is 1.66. The summed E-state index contributed by atoms with van der Waals surface area (Å²) in [5.41, 5.74) is 5.63. The monoisotopic (exact) mass is 427 g/mol. The molecule has 0 amide bonds. The average Bonchev–Trinajstić information content (AvgIpc) is 3.17. The minimum absolute atomic E-state index is 0.108. The Morgan fingerprint density at radius 1 is 1.00 bits per heavy atom. The van der Waals surface area contributed by atoms with E-state index < -0.39 is 0 Å². The summed E-state index contributed by atoms with van der Waals surface area (Å²) in [5, 5.41) is 11.4. The highest BCUT2D eigenvalue weighted by Gasteiger charge is 2.12. The van der Waals surface area contributed by atoms with Crippen molar-refractivity contribution in [1.29, 1.82) is 0 Å². The summed E-state index contributed by atoms with van der Waals surface area (Å²) < 4.78 is 10.7. The number of aromatic nitrogens is 1. The summed E-state index contributed by atoms with van der Waals surface area (Å²) in [5.74, 6) is 0.917. The number of hydrogen-bond acceptors (Lipinski definition) is 5. The number of morpholine rings is 1. The van der Waals surface area contributed by atoms with Crippen molar-refractivity contribution in [2.45, 2.75) is 0 Å². The first-order chi connectivity index (χ1) is 15.7. The second kappa shape index (κ2) is 8.77. The van der Waals surface area contributed by atoms with E-state index in [9.17, 15) is 5.11 Å². The molecule has 0 radical (unpaired) electrons. The molecule has 162 valence electrons. The van der Waals surface area contributed by atoms with E-state index in [2.05, 4.69) is 27.0 Å². The molecule has 1 saturated heterocycles. The van der Waals surface area contributed by atoms with Gasteiger partial charge in [0.2, 0.25) is 0 Å². The van der Waals surface area contributed by atoms with E-state index in [0.717, 1.165) is 59.8 Å². The highest BCUT2D eigenvalue weighted by atomic mass is 16.5. The summed E-state index contributed by atoms with van der Waals surface area (Å²) in [6.07, 6.45) is 1.71. The Kier molecular flexibility index (Phi) is 5.52. The SMILES string of the molecule is COc1cccc(-c2ccc3c(C=Nc4ccc(N5CCOCC5)cc4)c(O)[nH]c3c2)c1. The maximum absolute atomic E-state index is 10.5. The topological polar surface area (TPSA) is 70.1 Å². The van der Waals surface area contributed by atoms with Gasteiger partial charge in [0.05, 0.1) is 31.6 Å². The molecule has 0 atom stereocenters. The normalized spacial score (nSPS) is 14.3. The molecule has 0 saturated carbocycles. The highest BCUT2D eigenvalue weighted by Crippen LogP contribution is 2.31. The van der Waals surface area contributed by atoms with Crippen LogP contribution in [0.4, 0.5) is 11.4 Å². The number of nitrogens with one attached hydrogen (secondary N) is 1. The predicted molar refractivity (Wildman–Crippen MR) is 129 cm³/mol. The van der Waals surface area contributed by atoms with Crippen molar-refractivity contribution in [3.8, 4) is 22.8 Å². The fourth-order valence-electron chi connectivity index (χ4n) is 4.03. The molecule has 1 fully saturated rings. The van der Waals surface area contributed by atoms with Crippen molar-refractivity contribution in [2.24, 2.45) is 4.99 Å². The van der Waals surface area contributed by atoms with E-state index >= 15 is 0 Å². The Balaban J connectivity index is 1.39. The van der Waals surface area contributed by atoms with Crippen LogP contribution in [0.3, 0.4) is 0 Å². The van der Waals surface area contributed by atoms with E-state index in [1.165, 1.54) is 5.69 Å². The molecule has 0 spiro atoms. The molecule has 32 heavy (non-hydrogen) atoms. The Hall–Kier alpha value is -3.77. The van der Waals surface area contributed by atoms with Crippen LogP contribution in [0.2, 0.25) is 0 Å². The van der Waals surface area contributed by atoms with Gasteiger partial charge < -0.3 is 24.5 Å². The van der Waals surface area contributed by atoms with Crippen LogP contribution in [0, 0.1) is 0 Å². The lowest BCUT2D eigenvalue weighted by Crippen LogP contribution is -2.36. The quantitative estimate of drug-likeness (QED) is 0.433. The molecule has 1 aliphatic rings. The average molecular weight is 428 g/mol. The number of methoxy groups -OCH3 is 1. The lowest BCUT2D eigenvalue weighted by atomic mass is 10.0. The minimum Gasteiger partial charge on any atom is -0.497 e. The van der Waals surface area contributed by atoms with Crippen LogP contribution >= 0.6 is 0 Å². The number of H-pyrrole nitrogens is 1. The number of nitrogens with zero attached hydrogens (tertiary/aromatic N) is 2. The molecule has 0 unspecified atom stereocenters. The van der Waals surface area contributed by atoms with Gasteiger partial charge in [0.15, 0.2) is 5.88 Å². The minimum atomic E-state index is 0.108. The van der Waals surface area contributed by atoms with Gasteiger partial charge >= 0.3 is 0 Å². The third-order valence-corrected chi connectivity index (χ3v) is 5.79. The number of benzene rings is 3. The van der Waals surface area contributed by atoms with Crippen LogP contribution in [0.1, 0.15) is 5.56 Å². The van der Waals surface area contributed by atoms with E-state index in [4.69, 9.17) is 9.47 Å². The van der Waals surface area contributed by atoms with Crippen molar-refractivity contribution in [2.75, 3.05) is 38.3 Å². The van der Waals surface area contributed by atoms with Gasteiger partial charge in [-0.3, -0.25) is 4.99 Å². The number of fused-ring (bicyclic) bond motifs is 1. The van der Waals surface area contributed by atoms with Gasteiger partial charge in [-0.2, -0.15) is 0 Å². The first kappa shape index (κ1) is 20.2. The molecule has 0 aliphatic carbocycles. The molecule has 6 heteroatoms. The fourth-order valence-corrected chi connectivity index (χ4v) is 4.03. The van der Waals surface area contributed by atoms with Crippen molar-refractivity contribution in [1.82, 2.24) is 4.98 Å². The number of hydrogen-bond donors (Lipinski definition) is 2. The van der Waals surface area contributed by atoms with Crippen molar-refractivity contribution in [3.05, 3.63) is 72.3 Å². The standard InChI is InChI=1S/C26H25N3O3/c1-31-22-4-2-3-18(15-22)19-5-10-23-24(26(30)28-25(23)16-19)17-27-20-6-8-21(9-7-20)29-11-13-32-14-12-29/h2-10,15-17,28,30H,11-14H2,1H3. The number of anilines is 1. The lowest BCUT2D eigenvalue weighted by Gasteiger charge is -2.28. The van der Waals surface area contributed by atoms with Crippen LogP contribution in [-0.4, -0.2) is 49.7 Å². The van der Waals surface area contributed by atoms with Crippen molar-refractivity contribution < 1.29 is 14.6 Å². The zero-order chi connectivity index (χ0) is 21.9. The zero-order valence-electron chi connectivity index (χ0n) is 17.9. The summed E-state index contributed by atoms with van der Waals surface area (Å²) in [4.78, 5) is 9.96. The molecule has 1 aromatic heterocycles. The Bertz CT molecular complexity index is 1260. The van der Waals surface area contributed by atoms with Crippen LogP contribution in [0.25, 0.3) is 22.0 Å². The molecule has 4 aromatic rings.